The molecular formula is C17H29Cl2N3O2. The van der Waals surface area contributed by atoms with Gasteiger partial charge in [-0.15, -0.1) is 24.8 Å². The van der Waals surface area contributed by atoms with E-state index < -0.39 is 0 Å². The van der Waals surface area contributed by atoms with Crippen LogP contribution >= 0.6 is 24.8 Å². The summed E-state index contributed by atoms with van der Waals surface area (Å²) in [6.45, 7) is 8.00. The van der Waals surface area contributed by atoms with Crippen molar-refractivity contribution in [3.05, 3.63) is 29.8 Å². The van der Waals surface area contributed by atoms with Crippen LogP contribution in [-0.4, -0.2) is 49.2 Å². The number of hydrogen-bond donors (Lipinski definition) is 2. The number of morpholine rings is 1. The lowest BCUT2D eigenvalue weighted by molar-refractivity contribution is -0.0681. The molecule has 138 valence electrons. The number of ether oxygens (including phenoxy) is 1. The number of unbranched alkanes of at least 4 members (excludes halogenated alkanes) is 1. The molecule has 1 fully saturated rings. The number of hydrogen-bond acceptors (Lipinski definition) is 4. The number of rotatable bonds is 6. The van der Waals surface area contributed by atoms with Crippen LogP contribution in [0.15, 0.2) is 24.3 Å². The van der Waals surface area contributed by atoms with Gasteiger partial charge in [0.25, 0.3) is 5.91 Å². The maximum absolute atomic E-state index is 12.0. The van der Waals surface area contributed by atoms with Gasteiger partial charge in [-0.1, -0.05) is 6.07 Å². The summed E-state index contributed by atoms with van der Waals surface area (Å²) in [5, 5.41) is 2.94. The van der Waals surface area contributed by atoms with E-state index in [1.807, 2.05) is 0 Å². The van der Waals surface area contributed by atoms with E-state index >= 15 is 0 Å². The zero-order chi connectivity index (χ0) is 15.9. The van der Waals surface area contributed by atoms with Gasteiger partial charge in [0.2, 0.25) is 0 Å². The van der Waals surface area contributed by atoms with Crippen molar-refractivity contribution in [2.75, 3.05) is 31.9 Å². The van der Waals surface area contributed by atoms with Crippen LogP contribution in [0.3, 0.4) is 0 Å². The molecule has 0 bridgehead atoms. The summed E-state index contributed by atoms with van der Waals surface area (Å²) in [6.07, 6.45) is 2.68. The van der Waals surface area contributed by atoms with Crippen LogP contribution in [-0.2, 0) is 4.74 Å². The Morgan fingerprint density at radius 3 is 2.54 bits per heavy atom. The second-order valence-electron chi connectivity index (χ2n) is 6.11. The predicted molar refractivity (Wildman–Crippen MR) is 103 cm³/mol. The lowest BCUT2D eigenvalue weighted by atomic mass is 10.2. The van der Waals surface area contributed by atoms with Gasteiger partial charge in [-0.25, -0.2) is 0 Å². The molecule has 0 saturated carbocycles. The minimum absolute atomic E-state index is 0. The predicted octanol–water partition coefficient (Wildman–Crippen LogP) is 2.73. The van der Waals surface area contributed by atoms with Crippen molar-refractivity contribution in [1.29, 1.82) is 0 Å². The summed E-state index contributed by atoms with van der Waals surface area (Å²) in [4.78, 5) is 14.4. The van der Waals surface area contributed by atoms with Gasteiger partial charge >= 0.3 is 0 Å². The third-order valence-corrected chi connectivity index (χ3v) is 3.83. The first-order valence-corrected chi connectivity index (χ1v) is 8.06. The molecule has 1 aliphatic heterocycles. The van der Waals surface area contributed by atoms with Gasteiger partial charge in [0.05, 0.1) is 12.2 Å². The summed E-state index contributed by atoms with van der Waals surface area (Å²) in [5.74, 6) is -0.0547. The number of anilines is 1. The quantitative estimate of drug-likeness (QED) is 0.590. The summed E-state index contributed by atoms with van der Waals surface area (Å²) in [5.41, 5.74) is 6.92. The van der Waals surface area contributed by atoms with Crippen LogP contribution in [0.4, 0.5) is 5.69 Å². The number of halogens is 2. The summed E-state index contributed by atoms with van der Waals surface area (Å²) in [7, 11) is 0. The van der Waals surface area contributed by atoms with Crippen LogP contribution in [0.25, 0.3) is 0 Å². The number of nitrogen functional groups attached to an aromatic ring is 1. The Labute approximate surface area is 157 Å². The Hall–Kier alpha value is -1.01. The largest absolute Gasteiger partial charge is 0.399 e. The molecule has 0 aliphatic carbocycles. The molecule has 3 N–H and O–H groups in total. The van der Waals surface area contributed by atoms with Gasteiger partial charge in [-0.05, 0) is 51.4 Å². The van der Waals surface area contributed by atoms with Crippen molar-refractivity contribution >= 4 is 36.4 Å². The molecule has 1 saturated heterocycles. The van der Waals surface area contributed by atoms with Crippen LogP contribution in [0.1, 0.15) is 37.0 Å². The van der Waals surface area contributed by atoms with Crippen LogP contribution < -0.4 is 11.1 Å². The van der Waals surface area contributed by atoms with E-state index in [1.165, 1.54) is 0 Å². The van der Waals surface area contributed by atoms with Crippen LogP contribution in [0.5, 0.6) is 0 Å². The van der Waals surface area contributed by atoms with E-state index in [1.54, 1.807) is 24.3 Å². The molecular weight excluding hydrogens is 349 g/mol. The molecule has 0 radical (unpaired) electrons. The van der Waals surface area contributed by atoms with Crippen LogP contribution in [0.2, 0.25) is 0 Å². The van der Waals surface area contributed by atoms with Crippen molar-refractivity contribution in [3.8, 4) is 0 Å². The van der Waals surface area contributed by atoms with Crippen molar-refractivity contribution in [2.45, 2.75) is 38.9 Å². The molecule has 2 unspecified atom stereocenters. The van der Waals surface area contributed by atoms with Gasteiger partial charge in [0.1, 0.15) is 0 Å². The number of nitrogens with one attached hydrogen (secondary N) is 1. The Balaban J connectivity index is 0.00000264. The summed E-state index contributed by atoms with van der Waals surface area (Å²) < 4.78 is 5.73. The molecule has 0 aromatic heterocycles. The van der Waals surface area contributed by atoms with Gasteiger partial charge in [-0.3, -0.25) is 9.69 Å². The SMILES string of the molecule is CC1CN(CCCCNC(=O)c2cccc(N)c2)CC(C)O1.Cl.Cl. The second kappa shape index (κ2) is 11.5. The fraction of sp³-hybridized carbons (Fsp3) is 0.588. The van der Waals surface area contributed by atoms with Crippen LogP contribution in [0, 0.1) is 0 Å². The molecule has 2 rings (SSSR count). The molecule has 1 heterocycles. The maximum Gasteiger partial charge on any atom is 0.251 e. The number of carbonyl (C=O) groups excluding carboxylic acids is 1. The smallest absolute Gasteiger partial charge is 0.251 e. The third kappa shape index (κ3) is 7.71. The molecule has 2 atom stereocenters. The molecule has 1 aromatic rings. The number of nitrogens with zero attached hydrogens (tertiary/aromatic N) is 1. The Kier molecular flexibility index (Phi) is 11.0. The van der Waals surface area contributed by atoms with Crippen molar-refractivity contribution < 1.29 is 9.53 Å². The minimum Gasteiger partial charge on any atom is -0.399 e. The Morgan fingerprint density at radius 1 is 1.25 bits per heavy atom. The Morgan fingerprint density at radius 2 is 1.92 bits per heavy atom. The Bertz CT molecular complexity index is 492. The molecule has 7 heteroatoms. The van der Waals surface area contributed by atoms with E-state index in [9.17, 15) is 4.79 Å². The lowest BCUT2D eigenvalue weighted by Gasteiger charge is -2.35. The van der Waals surface area contributed by atoms with Crippen molar-refractivity contribution in [1.82, 2.24) is 10.2 Å². The van der Waals surface area contributed by atoms with Gasteiger partial charge in [0.15, 0.2) is 0 Å². The number of amides is 1. The molecule has 1 aromatic carbocycles. The average Bonchev–Trinajstić information content (AvgIpc) is 2.45. The summed E-state index contributed by atoms with van der Waals surface area (Å²) in [6, 6.07) is 7.06. The highest BCUT2D eigenvalue weighted by atomic mass is 35.5. The zero-order valence-corrected chi connectivity index (χ0v) is 16.0. The van der Waals surface area contributed by atoms with Crippen molar-refractivity contribution in [2.24, 2.45) is 0 Å². The lowest BCUT2D eigenvalue weighted by Crippen LogP contribution is -2.45. The topological polar surface area (TPSA) is 67.6 Å². The first-order chi connectivity index (χ1) is 10.5. The highest BCUT2D eigenvalue weighted by Gasteiger charge is 2.21. The highest BCUT2D eigenvalue weighted by Crippen LogP contribution is 2.11. The fourth-order valence-electron chi connectivity index (χ4n) is 2.91. The normalized spacial score (nSPS) is 20.6. The van der Waals surface area contributed by atoms with E-state index in [0.29, 0.717) is 30.0 Å². The second-order valence-corrected chi connectivity index (χ2v) is 6.11. The monoisotopic (exact) mass is 377 g/mol. The third-order valence-electron chi connectivity index (χ3n) is 3.83. The molecule has 0 spiro atoms. The van der Waals surface area contributed by atoms with Gasteiger partial charge < -0.3 is 15.8 Å². The van der Waals surface area contributed by atoms with E-state index in [4.69, 9.17) is 10.5 Å². The van der Waals surface area contributed by atoms with E-state index in [2.05, 4.69) is 24.1 Å². The number of carbonyl (C=O) groups is 1. The summed E-state index contributed by atoms with van der Waals surface area (Å²) >= 11 is 0. The van der Waals surface area contributed by atoms with Crippen molar-refractivity contribution in [3.63, 3.8) is 0 Å². The average molecular weight is 378 g/mol. The number of benzene rings is 1. The first kappa shape index (κ1) is 23.0. The fourth-order valence-corrected chi connectivity index (χ4v) is 2.91. The van der Waals surface area contributed by atoms with Gasteiger partial charge in [-0.2, -0.15) is 0 Å². The van der Waals surface area contributed by atoms with Gasteiger partial charge in [0, 0.05) is 30.9 Å². The molecule has 1 aliphatic rings. The van der Waals surface area contributed by atoms with E-state index in [-0.39, 0.29) is 30.7 Å². The maximum atomic E-state index is 12.0. The highest BCUT2D eigenvalue weighted by molar-refractivity contribution is 5.94. The first-order valence-electron chi connectivity index (χ1n) is 8.06. The molecule has 1 amide bonds. The molecule has 5 nitrogen and oxygen atoms in total. The minimum atomic E-state index is -0.0547. The molecule has 24 heavy (non-hydrogen) atoms. The number of nitrogens with two attached hydrogens (primary N) is 1. The standard InChI is InChI=1S/C17H27N3O2.2ClH/c1-13-11-20(12-14(2)22-13)9-4-3-8-19-17(21)15-6-5-7-16(18)10-15;;/h5-7,10,13-14H,3-4,8-9,11-12,18H2,1-2H3,(H,19,21);2*1H. The van der Waals surface area contributed by atoms with E-state index in [0.717, 1.165) is 32.5 Å². The zero-order valence-electron chi connectivity index (χ0n) is 14.4.